The van der Waals surface area contributed by atoms with E-state index in [1.54, 1.807) is 12.3 Å². The van der Waals surface area contributed by atoms with Gasteiger partial charge in [-0.15, -0.1) is 0 Å². The molecule has 1 N–H and O–H groups in total. The normalized spacial score (nSPS) is 16.4. The van der Waals surface area contributed by atoms with Crippen LogP contribution in [0, 0.1) is 0 Å². The van der Waals surface area contributed by atoms with Gasteiger partial charge >= 0.3 is 0 Å². The number of nitrogens with one attached hydrogen (secondary N) is 1. The van der Waals surface area contributed by atoms with Crippen LogP contribution in [0.1, 0.15) is 5.69 Å². The van der Waals surface area contributed by atoms with Crippen molar-refractivity contribution in [3.8, 4) is 0 Å². The van der Waals surface area contributed by atoms with Gasteiger partial charge in [-0.3, -0.25) is 4.79 Å². The average Bonchev–Trinajstić information content (AvgIpc) is 2.31. The maximum absolute atomic E-state index is 11.8. The fourth-order valence-electron chi connectivity index (χ4n) is 1.61. The highest BCUT2D eigenvalue weighted by atomic mass is 16.2. The molecular weight excluding hydrogens is 192 g/mol. The molecule has 0 bridgehead atoms. The zero-order valence-corrected chi connectivity index (χ0v) is 8.52. The van der Waals surface area contributed by atoms with Crippen LogP contribution < -0.4 is 5.32 Å². The average molecular weight is 206 g/mol. The van der Waals surface area contributed by atoms with Crippen LogP contribution in [0.15, 0.2) is 18.3 Å². The molecule has 0 aliphatic carbocycles. The quantitative estimate of drug-likeness (QED) is 0.705. The SMILES string of the molecule is O=C(Cc1cccnn1)N1CCNCC1. The zero-order valence-electron chi connectivity index (χ0n) is 8.52. The Hall–Kier alpha value is -1.49. The molecule has 0 spiro atoms. The molecule has 0 radical (unpaired) electrons. The second kappa shape index (κ2) is 4.84. The number of hydrogen-bond donors (Lipinski definition) is 1. The van der Waals surface area contributed by atoms with Crippen LogP contribution in [0.3, 0.4) is 0 Å². The first-order valence-electron chi connectivity index (χ1n) is 5.11. The summed E-state index contributed by atoms with van der Waals surface area (Å²) in [6.07, 6.45) is 1.96. The maximum atomic E-state index is 11.8. The van der Waals surface area contributed by atoms with Gasteiger partial charge in [-0.05, 0) is 12.1 Å². The molecule has 5 heteroatoms. The van der Waals surface area contributed by atoms with Crippen LogP contribution in [0.2, 0.25) is 0 Å². The maximum Gasteiger partial charge on any atom is 0.228 e. The summed E-state index contributed by atoms with van der Waals surface area (Å²) in [7, 11) is 0. The molecule has 0 unspecified atom stereocenters. The lowest BCUT2D eigenvalue weighted by Gasteiger charge is -2.27. The highest BCUT2D eigenvalue weighted by Gasteiger charge is 2.16. The summed E-state index contributed by atoms with van der Waals surface area (Å²) in [4.78, 5) is 13.7. The highest BCUT2D eigenvalue weighted by molar-refractivity contribution is 5.78. The number of piperazine rings is 1. The van der Waals surface area contributed by atoms with E-state index in [0.29, 0.717) is 6.42 Å². The molecule has 0 atom stereocenters. The predicted molar refractivity (Wildman–Crippen MR) is 55.2 cm³/mol. The van der Waals surface area contributed by atoms with Crippen LogP contribution in [0.25, 0.3) is 0 Å². The van der Waals surface area contributed by atoms with E-state index in [0.717, 1.165) is 31.9 Å². The minimum absolute atomic E-state index is 0.136. The summed E-state index contributed by atoms with van der Waals surface area (Å²) >= 11 is 0. The Bertz CT molecular complexity index is 321. The van der Waals surface area contributed by atoms with E-state index in [-0.39, 0.29) is 5.91 Å². The first-order valence-corrected chi connectivity index (χ1v) is 5.11. The molecule has 80 valence electrons. The van der Waals surface area contributed by atoms with Crippen molar-refractivity contribution in [1.29, 1.82) is 0 Å². The van der Waals surface area contributed by atoms with Crippen molar-refractivity contribution >= 4 is 5.91 Å². The van der Waals surface area contributed by atoms with Gasteiger partial charge in [0.2, 0.25) is 5.91 Å². The van der Waals surface area contributed by atoms with Crippen LogP contribution in [0.4, 0.5) is 0 Å². The number of hydrogen-bond acceptors (Lipinski definition) is 4. The molecule has 1 saturated heterocycles. The molecule has 15 heavy (non-hydrogen) atoms. The molecular formula is C10H14N4O. The molecule has 1 aliphatic heterocycles. The lowest BCUT2D eigenvalue weighted by molar-refractivity contribution is -0.131. The zero-order chi connectivity index (χ0) is 10.5. The minimum atomic E-state index is 0.136. The fourth-order valence-corrected chi connectivity index (χ4v) is 1.61. The third-order valence-electron chi connectivity index (χ3n) is 2.43. The topological polar surface area (TPSA) is 58.1 Å². The van der Waals surface area contributed by atoms with Crippen LogP contribution in [-0.4, -0.2) is 47.2 Å². The van der Waals surface area contributed by atoms with Gasteiger partial charge in [0, 0.05) is 32.4 Å². The molecule has 1 aromatic rings. The molecule has 1 amide bonds. The molecule has 0 aromatic carbocycles. The number of carbonyl (C=O) groups excluding carboxylic acids is 1. The van der Waals surface area contributed by atoms with Crippen molar-refractivity contribution in [3.63, 3.8) is 0 Å². The highest BCUT2D eigenvalue weighted by Crippen LogP contribution is 1.99. The monoisotopic (exact) mass is 206 g/mol. The lowest BCUT2D eigenvalue weighted by atomic mass is 10.2. The summed E-state index contributed by atoms with van der Waals surface area (Å²) in [5.41, 5.74) is 0.737. The first kappa shape index (κ1) is 10.0. The number of amides is 1. The molecule has 2 heterocycles. The molecule has 2 rings (SSSR count). The van der Waals surface area contributed by atoms with E-state index in [2.05, 4.69) is 15.5 Å². The van der Waals surface area contributed by atoms with E-state index in [4.69, 9.17) is 0 Å². The summed E-state index contributed by atoms with van der Waals surface area (Å²) < 4.78 is 0. The minimum Gasteiger partial charge on any atom is -0.340 e. The van der Waals surface area contributed by atoms with E-state index < -0.39 is 0 Å². The second-order valence-electron chi connectivity index (χ2n) is 3.52. The van der Waals surface area contributed by atoms with E-state index >= 15 is 0 Å². The van der Waals surface area contributed by atoms with E-state index in [9.17, 15) is 4.79 Å². The van der Waals surface area contributed by atoms with Gasteiger partial charge in [0.25, 0.3) is 0 Å². The number of aromatic nitrogens is 2. The van der Waals surface area contributed by atoms with Crippen LogP contribution in [-0.2, 0) is 11.2 Å². The fraction of sp³-hybridized carbons (Fsp3) is 0.500. The van der Waals surface area contributed by atoms with Gasteiger partial charge in [-0.1, -0.05) is 0 Å². The summed E-state index contributed by atoms with van der Waals surface area (Å²) in [6.45, 7) is 3.34. The molecule has 1 aliphatic rings. The van der Waals surface area contributed by atoms with Crippen molar-refractivity contribution < 1.29 is 4.79 Å². The molecule has 1 aromatic heterocycles. The van der Waals surface area contributed by atoms with E-state index in [1.807, 2.05) is 11.0 Å². The van der Waals surface area contributed by atoms with Gasteiger partial charge in [0.05, 0.1) is 12.1 Å². The van der Waals surface area contributed by atoms with Crippen molar-refractivity contribution in [3.05, 3.63) is 24.0 Å². The Morgan fingerprint density at radius 2 is 2.27 bits per heavy atom. The van der Waals surface area contributed by atoms with Crippen LogP contribution >= 0.6 is 0 Å². The standard InChI is InChI=1S/C10H14N4O/c15-10(14-6-4-11-5-7-14)8-9-2-1-3-12-13-9/h1-3,11H,4-8H2. The smallest absolute Gasteiger partial charge is 0.228 e. The Labute approximate surface area is 88.5 Å². The van der Waals surface area contributed by atoms with Gasteiger partial charge in [0.15, 0.2) is 0 Å². The lowest BCUT2D eigenvalue weighted by Crippen LogP contribution is -2.47. The van der Waals surface area contributed by atoms with E-state index in [1.165, 1.54) is 0 Å². The Balaban J connectivity index is 1.91. The van der Waals surface area contributed by atoms with Crippen molar-refractivity contribution in [2.75, 3.05) is 26.2 Å². The summed E-state index contributed by atoms with van der Waals surface area (Å²) in [6, 6.07) is 3.63. The van der Waals surface area contributed by atoms with Gasteiger partial charge in [0.1, 0.15) is 0 Å². The number of nitrogens with zero attached hydrogens (tertiary/aromatic N) is 3. The van der Waals surface area contributed by atoms with Crippen LogP contribution in [0.5, 0.6) is 0 Å². The summed E-state index contributed by atoms with van der Waals surface area (Å²) in [5.74, 6) is 0.136. The Morgan fingerprint density at radius 3 is 2.93 bits per heavy atom. The Kier molecular flexibility index (Phi) is 3.24. The molecule has 1 fully saturated rings. The number of carbonyl (C=O) groups is 1. The first-order chi connectivity index (χ1) is 7.36. The van der Waals surface area contributed by atoms with Crippen molar-refractivity contribution in [1.82, 2.24) is 20.4 Å². The largest absolute Gasteiger partial charge is 0.340 e. The molecule has 5 nitrogen and oxygen atoms in total. The molecule has 0 saturated carbocycles. The number of rotatable bonds is 2. The second-order valence-corrected chi connectivity index (χ2v) is 3.52. The van der Waals surface area contributed by atoms with Crippen molar-refractivity contribution in [2.45, 2.75) is 6.42 Å². The third-order valence-corrected chi connectivity index (χ3v) is 2.43. The summed E-state index contributed by atoms with van der Waals surface area (Å²) in [5, 5.41) is 10.9. The van der Waals surface area contributed by atoms with Gasteiger partial charge in [-0.2, -0.15) is 10.2 Å². The third kappa shape index (κ3) is 2.73. The Morgan fingerprint density at radius 1 is 1.47 bits per heavy atom. The van der Waals surface area contributed by atoms with Gasteiger partial charge in [-0.25, -0.2) is 0 Å². The van der Waals surface area contributed by atoms with Crippen molar-refractivity contribution in [2.24, 2.45) is 0 Å². The predicted octanol–water partition coefficient (Wildman–Crippen LogP) is -0.549. The van der Waals surface area contributed by atoms with Gasteiger partial charge < -0.3 is 10.2 Å².